The number of nitrogens with zero attached hydrogens (tertiary/aromatic N) is 8. The molecule has 0 unspecified atom stereocenters. The summed E-state index contributed by atoms with van der Waals surface area (Å²) in [6, 6.07) is 7.31. The standard InChI is InChI=1S/C22H28N4O4.C11H10ClN3O.C11H19NO3/c1-14-18(24-13-25-19(14)29-17-7-6-8-23-15(17)2)28-16-9-22(10-16)11-26(12-22)20(27)30-21(3,4)5;1-7-10(12)14-6-15-11(7)16-9-4-3-5-13-8(9)2;1-10(2,3)15-9(14)12-6-11(7-12)4-8(13)5-11/h6-8,13,16H,9-12H2,1-5H3;3-6H,1-2H3;8,13H,4-7H2,1-3H3. The Morgan fingerprint density at radius 2 is 1.08 bits per heavy atom. The molecule has 61 heavy (non-hydrogen) atoms. The predicted molar refractivity (Wildman–Crippen MR) is 226 cm³/mol. The third-order valence-electron chi connectivity index (χ3n) is 10.6. The summed E-state index contributed by atoms with van der Waals surface area (Å²) in [5.41, 5.74) is 2.54. The minimum absolute atomic E-state index is 0.0763. The van der Waals surface area contributed by atoms with Crippen molar-refractivity contribution < 1.29 is 38.4 Å². The van der Waals surface area contributed by atoms with E-state index < -0.39 is 11.2 Å². The molecular weight excluding hydrogens is 804 g/mol. The first-order valence-corrected chi connectivity index (χ1v) is 20.8. The Bertz CT molecular complexity index is 2180. The number of hydrogen-bond donors (Lipinski definition) is 1. The lowest BCUT2D eigenvalue weighted by Gasteiger charge is -2.57. The molecule has 17 heteroatoms. The minimum atomic E-state index is -0.468. The monoisotopic (exact) mass is 860 g/mol. The smallest absolute Gasteiger partial charge is 0.410 e. The van der Waals surface area contributed by atoms with Gasteiger partial charge in [0, 0.05) is 55.0 Å². The molecule has 1 N–H and O–H groups in total. The molecule has 4 aromatic heterocycles. The maximum atomic E-state index is 12.1. The van der Waals surface area contributed by atoms with Crippen LogP contribution in [0.15, 0.2) is 49.3 Å². The molecule has 2 saturated carbocycles. The van der Waals surface area contributed by atoms with E-state index in [0.717, 1.165) is 68.8 Å². The molecule has 8 rings (SSSR count). The van der Waals surface area contributed by atoms with Gasteiger partial charge in [-0.2, -0.15) is 0 Å². The molecule has 2 saturated heterocycles. The second kappa shape index (κ2) is 17.9. The second-order valence-corrected chi connectivity index (χ2v) is 18.8. The first-order valence-electron chi connectivity index (χ1n) is 20.4. The number of aromatic nitrogens is 6. The highest BCUT2D eigenvalue weighted by atomic mass is 35.5. The molecule has 4 aromatic rings. The molecule has 0 bridgehead atoms. The van der Waals surface area contributed by atoms with Gasteiger partial charge in [-0.15, -0.1) is 0 Å². The van der Waals surface area contributed by atoms with Gasteiger partial charge in [0.05, 0.1) is 23.1 Å². The van der Waals surface area contributed by atoms with Gasteiger partial charge in [0.1, 0.15) is 35.1 Å². The Balaban J connectivity index is 0.000000169. The number of amides is 2. The Kier molecular flexibility index (Phi) is 13.3. The van der Waals surface area contributed by atoms with Crippen molar-refractivity contribution in [1.82, 2.24) is 39.7 Å². The van der Waals surface area contributed by atoms with Crippen LogP contribution in [0.5, 0.6) is 29.1 Å². The first-order chi connectivity index (χ1) is 28.6. The lowest BCUT2D eigenvalue weighted by molar-refractivity contribution is -0.124. The van der Waals surface area contributed by atoms with Crippen molar-refractivity contribution in [3.63, 3.8) is 0 Å². The highest BCUT2D eigenvalue weighted by molar-refractivity contribution is 6.30. The third-order valence-corrected chi connectivity index (χ3v) is 11.0. The van der Waals surface area contributed by atoms with Gasteiger partial charge in [-0.05, 0) is 119 Å². The minimum Gasteiger partial charge on any atom is -0.474 e. The van der Waals surface area contributed by atoms with Crippen LogP contribution in [0.1, 0.15) is 89.7 Å². The molecule has 2 spiro atoms. The highest BCUT2D eigenvalue weighted by Crippen LogP contribution is 2.50. The number of aliphatic hydroxyl groups excluding tert-OH is 1. The Hall–Kier alpha value is -5.35. The van der Waals surface area contributed by atoms with Crippen LogP contribution < -0.4 is 14.2 Å². The van der Waals surface area contributed by atoms with Crippen LogP contribution in [-0.4, -0.2) is 107 Å². The summed E-state index contributed by atoms with van der Waals surface area (Å²) in [6.07, 6.45) is 9.19. The van der Waals surface area contributed by atoms with Crippen LogP contribution in [0.4, 0.5) is 9.59 Å². The van der Waals surface area contributed by atoms with Gasteiger partial charge in [-0.1, -0.05) is 11.6 Å². The molecule has 2 aliphatic carbocycles. The number of hydrogen-bond acceptors (Lipinski definition) is 14. The fourth-order valence-corrected chi connectivity index (χ4v) is 7.69. The van der Waals surface area contributed by atoms with Crippen molar-refractivity contribution in [3.05, 3.63) is 77.0 Å². The molecule has 2 aliphatic heterocycles. The third kappa shape index (κ3) is 11.5. The van der Waals surface area contributed by atoms with E-state index in [9.17, 15) is 14.7 Å². The second-order valence-electron chi connectivity index (χ2n) is 18.5. The number of carbonyl (C=O) groups is 2. The fraction of sp³-hybridized carbons (Fsp3) is 0.545. The van der Waals surface area contributed by atoms with Crippen LogP contribution in [-0.2, 0) is 9.47 Å². The van der Waals surface area contributed by atoms with E-state index >= 15 is 0 Å². The summed E-state index contributed by atoms with van der Waals surface area (Å²) < 4.78 is 28.3. The van der Waals surface area contributed by atoms with Gasteiger partial charge in [-0.25, -0.2) is 29.5 Å². The molecular formula is C44H57ClN8O8. The van der Waals surface area contributed by atoms with Crippen molar-refractivity contribution >= 4 is 23.8 Å². The van der Waals surface area contributed by atoms with E-state index in [0.29, 0.717) is 39.9 Å². The normalized spacial score (nSPS) is 18.4. The Labute approximate surface area is 362 Å². The number of pyridine rings is 2. The molecule has 0 aromatic carbocycles. The van der Waals surface area contributed by atoms with Crippen LogP contribution in [0.25, 0.3) is 0 Å². The molecule has 4 aliphatic rings. The maximum absolute atomic E-state index is 12.1. The van der Waals surface area contributed by atoms with Crippen LogP contribution in [0.2, 0.25) is 5.15 Å². The number of carbonyl (C=O) groups excluding carboxylic acids is 2. The van der Waals surface area contributed by atoms with Crippen LogP contribution in [0.3, 0.4) is 0 Å². The summed E-state index contributed by atoms with van der Waals surface area (Å²) in [5.74, 6) is 2.77. The lowest BCUT2D eigenvalue weighted by Crippen LogP contribution is -2.66. The van der Waals surface area contributed by atoms with Crippen molar-refractivity contribution in [2.75, 3.05) is 26.2 Å². The van der Waals surface area contributed by atoms with Crippen LogP contribution in [0, 0.1) is 38.5 Å². The summed E-state index contributed by atoms with van der Waals surface area (Å²) in [4.78, 5) is 52.0. The van der Waals surface area contributed by atoms with Crippen molar-refractivity contribution in [3.8, 4) is 29.1 Å². The number of rotatable bonds is 6. The van der Waals surface area contributed by atoms with E-state index in [2.05, 4.69) is 29.9 Å². The van der Waals surface area contributed by atoms with Gasteiger partial charge < -0.3 is 38.6 Å². The zero-order valence-electron chi connectivity index (χ0n) is 36.7. The average molecular weight is 861 g/mol. The van der Waals surface area contributed by atoms with Gasteiger partial charge in [0.25, 0.3) is 0 Å². The Morgan fingerprint density at radius 1 is 0.656 bits per heavy atom. The highest BCUT2D eigenvalue weighted by Gasteiger charge is 2.56. The number of aliphatic hydroxyl groups is 1. The number of halogens is 1. The van der Waals surface area contributed by atoms with Gasteiger partial charge in [-0.3, -0.25) is 9.97 Å². The lowest BCUT2D eigenvalue weighted by atomic mass is 9.62. The zero-order chi connectivity index (χ0) is 44.3. The van der Waals surface area contributed by atoms with Crippen molar-refractivity contribution in [2.45, 2.75) is 118 Å². The van der Waals surface area contributed by atoms with E-state index in [1.54, 1.807) is 28.3 Å². The first kappa shape index (κ1) is 45.2. The van der Waals surface area contributed by atoms with E-state index in [1.807, 2.05) is 87.4 Å². The zero-order valence-corrected chi connectivity index (χ0v) is 37.4. The summed E-state index contributed by atoms with van der Waals surface area (Å²) >= 11 is 5.87. The molecule has 4 fully saturated rings. The van der Waals surface area contributed by atoms with Gasteiger partial charge >= 0.3 is 12.2 Å². The van der Waals surface area contributed by atoms with E-state index in [1.165, 1.54) is 12.7 Å². The quantitative estimate of drug-likeness (QED) is 0.182. The molecule has 0 radical (unpaired) electrons. The SMILES string of the molecule is CC(C)(C)OC(=O)N1CC2(CC(O)C2)C1.Cc1ncccc1Oc1ncnc(Cl)c1C.Cc1ncccc1Oc1ncnc(OC2CC3(C2)CN(C(=O)OC(C)(C)C)C3)c1C. The molecule has 6 heterocycles. The maximum Gasteiger partial charge on any atom is 0.410 e. The number of ether oxygens (including phenoxy) is 5. The van der Waals surface area contributed by atoms with Crippen LogP contribution >= 0.6 is 11.6 Å². The van der Waals surface area contributed by atoms with E-state index in [-0.39, 0.29) is 35.2 Å². The van der Waals surface area contributed by atoms with Crippen molar-refractivity contribution in [2.24, 2.45) is 10.8 Å². The van der Waals surface area contributed by atoms with Gasteiger partial charge in [0.2, 0.25) is 17.6 Å². The fourth-order valence-electron chi connectivity index (χ4n) is 7.56. The average Bonchev–Trinajstić information content (AvgIpc) is 3.10. The summed E-state index contributed by atoms with van der Waals surface area (Å²) in [7, 11) is 0. The molecule has 0 atom stereocenters. The van der Waals surface area contributed by atoms with E-state index in [4.69, 9.17) is 35.3 Å². The van der Waals surface area contributed by atoms with Crippen molar-refractivity contribution in [1.29, 1.82) is 0 Å². The molecule has 328 valence electrons. The largest absolute Gasteiger partial charge is 0.474 e. The number of aryl methyl sites for hydroxylation is 2. The topological polar surface area (TPSA) is 184 Å². The molecule has 2 amide bonds. The predicted octanol–water partition coefficient (Wildman–Crippen LogP) is 8.37. The van der Waals surface area contributed by atoms with Gasteiger partial charge in [0.15, 0.2) is 11.5 Å². The molecule has 16 nitrogen and oxygen atoms in total. The Morgan fingerprint density at radius 3 is 1.52 bits per heavy atom. The summed E-state index contributed by atoms with van der Waals surface area (Å²) in [6.45, 7) is 21.6. The summed E-state index contributed by atoms with van der Waals surface area (Å²) in [5, 5.41) is 9.62. The number of likely N-dealkylation sites (tertiary alicyclic amines) is 2.